The van der Waals surface area contributed by atoms with Crippen molar-refractivity contribution in [2.24, 2.45) is 5.92 Å². The molecule has 48 heavy (non-hydrogen) atoms. The molecule has 1 fully saturated rings. The molecule has 254 valence electrons. The minimum Gasteiger partial charge on any atom is -0.619 e. The molecule has 4 aromatic rings. The topological polar surface area (TPSA) is 113 Å². The number of aromatic nitrogens is 1. The second kappa shape index (κ2) is 16.5. The summed E-state index contributed by atoms with van der Waals surface area (Å²) in [6.45, 7) is 2.60. The smallest absolute Gasteiger partial charge is 0.348 e. The van der Waals surface area contributed by atoms with Crippen molar-refractivity contribution in [2.75, 3.05) is 41.0 Å². The van der Waals surface area contributed by atoms with E-state index in [1.807, 2.05) is 36.4 Å². The summed E-state index contributed by atoms with van der Waals surface area (Å²) >= 11 is 14.0. The van der Waals surface area contributed by atoms with Crippen molar-refractivity contribution in [2.45, 2.75) is 31.5 Å². The number of ether oxygens (including phenoxy) is 4. The molecule has 3 atom stereocenters. The number of hydrogen-bond donors (Lipinski definition) is 1. The molecule has 10 nitrogen and oxygen atoms in total. The van der Waals surface area contributed by atoms with Gasteiger partial charge in [0.1, 0.15) is 27.1 Å². The molecular weight excluding hydrogens is 677 g/mol. The van der Waals surface area contributed by atoms with Crippen LogP contribution in [0.15, 0.2) is 73.1 Å². The van der Waals surface area contributed by atoms with Crippen molar-refractivity contribution >= 4 is 46.5 Å². The van der Waals surface area contributed by atoms with Gasteiger partial charge >= 0.3 is 11.9 Å². The Morgan fingerprint density at radius 2 is 1.75 bits per heavy atom. The van der Waals surface area contributed by atoms with Crippen molar-refractivity contribution in [1.82, 2.24) is 10.2 Å². The first-order valence-corrected chi connectivity index (χ1v) is 16.9. The number of carbonyl (C=O) groups is 2. The Morgan fingerprint density at radius 1 is 1.02 bits per heavy atom. The van der Waals surface area contributed by atoms with Crippen molar-refractivity contribution in [3.05, 3.63) is 115 Å². The molecule has 1 aliphatic heterocycles. The second-order valence-corrected chi connectivity index (χ2v) is 13.5. The Labute approximate surface area is 293 Å². The van der Waals surface area contributed by atoms with Gasteiger partial charge in [0.2, 0.25) is 0 Å². The van der Waals surface area contributed by atoms with E-state index < -0.39 is 18.1 Å². The number of likely N-dealkylation sites (tertiary alicyclic amines) is 1. The molecule has 1 N–H and O–H groups in total. The number of nitrogens with one attached hydrogen (secondary N) is 1. The molecule has 1 saturated heterocycles. The van der Waals surface area contributed by atoms with E-state index in [9.17, 15) is 14.8 Å². The van der Waals surface area contributed by atoms with Crippen LogP contribution in [0.2, 0.25) is 10.0 Å². The average molecular weight is 715 g/mol. The summed E-state index contributed by atoms with van der Waals surface area (Å²) in [6.07, 6.45) is 2.65. The van der Waals surface area contributed by atoms with Gasteiger partial charge in [-0.1, -0.05) is 59.6 Å². The van der Waals surface area contributed by atoms with Crippen LogP contribution in [0.1, 0.15) is 49.8 Å². The molecule has 0 spiro atoms. The lowest BCUT2D eigenvalue weighted by Crippen LogP contribution is -2.31. The molecule has 2 aromatic carbocycles. The minimum atomic E-state index is -0.838. The van der Waals surface area contributed by atoms with Crippen LogP contribution in [-0.4, -0.2) is 57.8 Å². The Hall–Kier alpha value is -3.87. The van der Waals surface area contributed by atoms with Gasteiger partial charge in [0.15, 0.2) is 23.9 Å². The summed E-state index contributed by atoms with van der Waals surface area (Å²) in [4.78, 5) is 30.2. The van der Waals surface area contributed by atoms with Crippen LogP contribution in [0.4, 0.5) is 0 Å². The number of thiophene rings is 1. The maximum Gasteiger partial charge on any atom is 0.348 e. The van der Waals surface area contributed by atoms with Crippen molar-refractivity contribution in [1.29, 1.82) is 0 Å². The quantitative estimate of drug-likeness (QED) is 0.0931. The van der Waals surface area contributed by atoms with Crippen LogP contribution in [0, 0.1) is 11.1 Å². The molecule has 0 saturated carbocycles. The summed E-state index contributed by atoms with van der Waals surface area (Å²) in [6, 6.07) is 17.4. The fourth-order valence-corrected chi connectivity index (χ4v) is 7.03. The molecule has 3 heterocycles. The maximum absolute atomic E-state index is 13.5. The number of hydrogen-bond acceptors (Lipinski definition) is 10. The van der Waals surface area contributed by atoms with Gasteiger partial charge in [-0.25, -0.2) is 9.59 Å². The van der Waals surface area contributed by atoms with Gasteiger partial charge in [0.25, 0.3) is 0 Å². The average Bonchev–Trinajstić information content (AvgIpc) is 3.74. The highest BCUT2D eigenvalue weighted by Gasteiger charge is 2.27. The molecule has 0 bridgehead atoms. The molecule has 0 amide bonds. The monoisotopic (exact) mass is 713 g/mol. The van der Waals surface area contributed by atoms with Gasteiger partial charge in [0.05, 0.1) is 20.8 Å². The summed E-state index contributed by atoms with van der Waals surface area (Å²) in [7, 11) is 5.11. The van der Waals surface area contributed by atoms with Gasteiger partial charge in [-0.3, -0.25) is 5.32 Å². The third-order valence-electron chi connectivity index (χ3n) is 8.14. The molecule has 0 aliphatic carbocycles. The highest BCUT2D eigenvalue weighted by atomic mass is 35.5. The summed E-state index contributed by atoms with van der Waals surface area (Å²) in [5.74, 6) is 0.374. The predicted molar refractivity (Wildman–Crippen MR) is 184 cm³/mol. The van der Waals surface area contributed by atoms with Crippen LogP contribution >= 0.6 is 34.5 Å². The van der Waals surface area contributed by atoms with Crippen LogP contribution < -0.4 is 19.5 Å². The van der Waals surface area contributed by atoms with E-state index >= 15 is 0 Å². The SMILES string of the molecule is COc1ccc(C(Cc2c(Cl)c[n+]([O-])cc2Cl)OC(=O)c2ccc(CNC(C(=O)OC[C@H]3CCN(C)C3)c3ccccc3)s2)cc1OC. The molecular formula is C35H37Cl2N3O7S. The molecule has 13 heteroatoms. The number of rotatable bonds is 14. The molecule has 5 rings (SSSR count). The first-order valence-electron chi connectivity index (χ1n) is 15.4. The van der Waals surface area contributed by atoms with E-state index in [1.54, 1.807) is 24.3 Å². The minimum absolute atomic E-state index is 0.0948. The van der Waals surface area contributed by atoms with E-state index in [0.717, 1.165) is 30.0 Å². The van der Waals surface area contributed by atoms with Crippen LogP contribution in [0.25, 0.3) is 0 Å². The fraction of sp³-hybridized carbons (Fsp3) is 0.343. The highest BCUT2D eigenvalue weighted by molar-refractivity contribution is 7.13. The number of benzene rings is 2. The lowest BCUT2D eigenvalue weighted by molar-refractivity contribution is -0.605. The second-order valence-electron chi connectivity index (χ2n) is 11.5. The van der Waals surface area contributed by atoms with E-state index in [0.29, 0.717) is 51.3 Å². The van der Waals surface area contributed by atoms with Gasteiger partial charge < -0.3 is 29.1 Å². The fourth-order valence-electron chi connectivity index (χ4n) is 5.59. The number of esters is 2. The van der Waals surface area contributed by atoms with Crippen LogP contribution in [-0.2, 0) is 27.2 Å². The van der Waals surface area contributed by atoms with Crippen molar-refractivity contribution in [3.63, 3.8) is 0 Å². The van der Waals surface area contributed by atoms with Crippen molar-refractivity contribution in [3.8, 4) is 11.5 Å². The number of nitrogens with zero attached hydrogens (tertiary/aromatic N) is 2. The van der Waals surface area contributed by atoms with Gasteiger partial charge in [-0.05, 0) is 55.4 Å². The summed E-state index contributed by atoms with van der Waals surface area (Å²) in [5, 5.41) is 15.5. The summed E-state index contributed by atoms with van der Waals surface area (Å²) < 4.78 is 23.2. The van der Waals surface area contributed by atoms with Crippen molar-refractivity contribution < 1.29 is 33.3 Å². The normalized spacial score (nSPS) is 15.9. The zero-order chi connectivity index (χ0) is 34.2. The van der Waals surface area contributed by atoms with Crippen LogP contribution in [0.5, 0.6) is 11.5 Å². The zero-order valence-corrected chi connectivity index (χ0v) is 29.1. The van der Waals surface area contributed by atoms with E-state index in [2.05, 4.69) is 17.3 Å². The largest absolute Gasteiger partial charge is 0.619 e. The van der Waals surface area contributed by atoms with E-state index in [1.165, 1.54) is 38.0 Å². The number of pyridine rings is 1. The Balaban J connectivity index is 1.30. The van der Waals surface area contributed by atoms with E-state index in [-0.39, 0.29) is 22.4 Å². The first kappa shape index (κ1) is 35.4. The standard InChI is InChI=1S/C35H37Cl2N3O7S/c1-39-14-13-22(18-39)21-46-35(42)33(23-7-5-4-6-8-23)38-17-25-10-12-32(48-25)34(41)47-30(16-26-27(36)19-40(43)20-28(26)37)24-9-11-29(44-2)31(15-24)45-3/h4-12,15,19-20,22,30,33,38H,13-14,16-18,21H2,1-3H3/t22-,30?,33?/m0/s1. The van der Waals surface area contributed by atoms with Gasteiger partial charge in [0, 0.05) is 35.9 Å². The first-order chi connectivity index (χ1) is 23.1. The Morgan fingerprint density at radius 3 is 2.42 bits per heavy atom. The van der Waals surface area contributed by atoms with Gasteiger partial charge in [-0.2, -0.15) is 4.73 Å². The number of methoxy groups -OCH3 is 2. The van der Waals surface area contributed by atoms with E-state index in [4.69, 9.17) is 42.1 Å². The number of halogens is 2. The predicted octanol–water partition coefficient (Wildman–Crippen LogP) is 6.17. The third-order valence-corrected chi connectivity index (χ3v) is 9.85. The van der Waals surface area contributed by atoms with Gasteiger partial charge in [-0.15, -0.1) is 11.3 Å². The zero-order valence-electron chi connectivity index (χ0n) is 26.8. The molecule has 0 radical (unpaired) electrons. The Bertz CT molecular complexity index is 1700. The number of carbonyl (C=O) groups excluding carboxylic acids is 2. The lowest BCUT2D eigenvalue weighted by Gasteiger charge is -2.20. The molecule has 1 aliphatic rings. The Kier molecular flexibility index (Phi) is 12.2. The van der Waals surface area contributed by atoms with Crippen LogP contribution in [0.3, 0.4) is 0 Å². The third kappa shape index (κ3) is 8.97. The highest BCUT2D eigenvalue weighted by Crippen LogP contribution is 2.36. The summed E-state index contributed by atoms with van der Waals surface area (Å²) in [5.41, 5.74) is 1.85. The lowest BCUT2D eigenvalue weighted by atomic mass is 10.0. The maximum atomic E-state index is 13.5. The molecule has 2 unspecified atom stereocenters. The molecule has 2 aromatic heterocycles.